The van der Waals surface area contributed by atoms with E-state index in [9.17, 15) is 0 Å². The zero-order chi connectivity index (χ0) is 19.3. The molecule has 0 amide bonds. The third-order valence-corrected chi connectivity index (χ3v) is 6.43. The predicted octanol–water partition coefficient (Wildman–Crippen LogP) is 1.37. The van der Waals surface area contributed by atoms with Gasteiger partial charge in [-0.25, -0.2) is 9.97 Å². The van der Waals surface area contributed by atoms with Crippen LogP contribution in [0.5, 0.6) is 0 Å². The molecule has 5 rings (SSSR count). The number of aromatic nitrogens is 3. The Morgan fingerprint density at radius 2 is 2.07 bits per heavy atom. The molecule has 0 aliphatic carbocycles. The minimum atomic E-state index is 0.309. The topological polar surface area (TPSA) is 58.9 Å². The maximum Gasteiger partial charge on any atom is 0.206 e. The van der Waals surface area contributed by atoms with Crippen LogP contribution in [0.25, 0.3) is 11.0 Å². The maximum absolute atomic E-state index is 6.40. The molecule has 28 heavy (non-hydrogen) atoms. The first-order valence-electron chi connectivity index (χ1n) is 10.0. The fraction of sp³-hybridized carbons (Fsp3) is 0.684. The molecule has 2 aromatic heterocycles. The number of aryl methyl sites for hydroxylation is 1. The van der Waals surface area contributed by atoms with Gasteiger partial charge in [0.15, 0.2) is 5.82 Å². The highest BCUT2D eigenvalue weighted by atomic mass is 35.5. The van der Waals surface area contributed by atoms with Gasteiger partial charge in [0.1, 0.15) is 10.7 Å². The molecule has 3 aliphatic heterocycles. The van der Waals surface area contributed by atoms with Crippen molar-refractivity contribution in [3.63, 3.8) is 0 Å². The van der Waals surface area contributed by atoms with Gasteiger partial charge in [-0.3, -0.25) is 4.90 Å². The van der Waals surface area contributed by atoms with Gasteiger partial charge in [0.2, 0.25) is 5.95 Å². The molecule has 2 atom stereocenters. The number of ether oxygens (including phenoxy) is 2. The number of anilines is 2. The first kappa shape index (κ1) is 18.4. The van der Waals surface area contributed by atoms with Crippen molar-refractivity contribution in [1.29, 1.82) is 0 Å². The lowest BCUT2D eigenvalue weighted by atomic mass is 10.2. The number of fused-ring (bicyclic) bond motifs is 3. The summed E-state index contributed by atoms with van der Waals surface area (Å²) in [5.41, 5.74) is 1.98. The molecule has 8 nitrogen and oxygen atoms in total. The van der Waals surface area contributed by atoms with E-state index in [4.69, 9.17) is 26.1 Å². The molecule has 5 heterocycles. The third-order valence-electron chi connectivity index (χ3n) is 6.24. The molecule has 0 unspecified atom stereocenters. The third kappa shape index (κ3) is 3.12. The largest absolute Gasteiger partial charge is 0.383 e. The van der Waals surface area contributed by atoms with Crippen LogP contribution >= 0.6 is 11.6 Å². The number of nitrogens with zero attached hydrogens (tertiary/aromatic N) is 6. The highest BCUT2D eigenvalue weighted by Crippen LogP contribution is 2.37. The monoisotopic (exact) mass is 406 g/mol. The van der Waals surface area contributed by atoms with Crippen LogP contribution < -0.4 is 9.80 Å². The van der Waals surface area contributed by atoms with Crippen molar-refractivity contribution in [2.24, 2.45) is 7.05 Å². The number of morpholine rings is 1. The summed E-state index contributed by atoms with van der Waals surface area (Å²) in [7, 11) is 3.83. The van der Waals surface area contributed by atoms with Gasteiger partial charge in [-0.1, -0.05) is 11.6 Å². The van der Waals surface area contributed by atoms with E-state index in [-0.39, 0.29) is 0 Å². The Morgan fingerprint density at radius 1 is 1.25 bits per heavy atom. The average Bonchev–Trinajstić information content (AvgIpc) is 3.42. The lowest BCUT2D eigenvalue weighted by molar-refractivity contribution is 0.0990. The highest BCUT2D eigenvalue weighted by molar-refractivity contribution is 6.30. The molecule has 152 valence electrons. The molecule has 0 aromatic carbocycles. The van der Waals surface area contributed by atoms with Crippen molar-refractivity contribution >= 4 is 34.4 Å². The van der Waals surface area contributed by atoms with Crippen LogP contribution in [0.15, 0.2) is 6.07 Å². The van der Waals surface area contributed by atoms with Crippen molar-refractivity contribution in [2.75, 3.05) is 69.4 Å². The Kier molecular flexibility index (Phi) is 4.82. The first-order valence-corrected chi connectivity index (χ1v) is 10.4. The molecule has 9 heteroatoms. The van der Waals surface area contributed by atoms with E-state index in [2.05, 4.69) is 31.3 Å². The molecule has 3 fully saturated rings. The van der Waals surface area contributed by atoms with Gasteiger partial charge < -0.3 is 23.8 Å². The number of hydrogen-bond donors (Lipinski definition) is 0. The quantitative estimate of drug-likeness (QED) is 0.695. The van der Waals surface area contributed by atoms with Crippen LogP contribution in [0.1, 0.15) is 6.42 Å². The SMILES string of the molecule is COCCN1CCN(c2nc3c(N4C[C@H]5C[C@@H]4CO5)nc(Cl)cc3n2C)CC1. The molecule has 2 bridgehead atoms. The minimum Gasteiger partial charge on any atom is -0.383 e. The molecular formula is C19H27ClN6O2. The summed E-state index contributed by atoms with van der Waals surface area (Å²) >= 11 is 6.40. The summed E-state index contributed by atoms with van der Waals surface area (Å²) < 4.78 is 13.1. The maximum atomic E-state index is 6.40. The Bertz CT molecular complexity index is 866. The van der Waals surface area contributed by atoms with Crippen molar-refractivity contribution in [3.05, 3.63) is 11.2 Å². The van der Waals surface area contributed by atoms with Crippen LogP contribution in [-0.4, -0.2) is 91.2 Å². The zero-order valence-corrected chi connectivity index (χ0v) is 17.2. The standard InChI is InChI=1S/C19H27ClN6O2/c1-23-15-10-16(20)21-18(26-11-14-9-13(26)12-28-14)17(15)22-19(23)25-5-3-24(4-6-25)7-8-27-2/h10,13-14H,3-9,11-12H2,1-2H3/t13-,14-/m1/s1. The summed E-state index contributed by atoms with van der Waals surface area (Å²) in [4.78, 5) is 16.8. The second-order valence-corrected chi connectivity index (χ2v) is 8.31. The number of methoxy groups -OCH3 is 1. The number of halogens is 1. The van der Waals surface area contributed by atoms with E-state index in [0.29, 0.717) is 17.3 Å². The Labute approximate surface area is 170 Å². The van der Waals surface area contributed by atoms with Crippen LogP contribution in [0.3, 0.4) is 0 Å². The number of rotatable bonds is 5. The van der Waals surface area contributed by atoms with Crippen molar-refractivity contribution < 1.29 is 9.47 Å². The summed E-state index contributed by atoms with van der Waals surface area (Å²) in [6.07, 6.45) is 1.38. The Balaban J connectivity index is 1.44. The molecule has 0 saturated carbocycles. The van der Waals surface area contributed by atoms with E-state index >= 15 is 0 Å². The zero-order valence-electron chi connectivity index (χ0n) is 16.5. The van der Waals surface area contributed by atoms with E-state index < -0.39 is 0 Å². The fourth-order valence-corrected chi connectivity index (χ4v) is 4.85. The second kappa shape index (κ2) is 7.33. The lowest BCUT2D eigenvalue weighted by Gasteiger charge is -2.35. The van der Waals surface area contributed by atoms with Crippen molar-refractivity contribution in [3.8, 4) is 0 Å². The molecule has 0 N–H and O–H groups in total. The molecule has 0 spiro atoms. The molecule has 3 saturated heterocycles. The summed E-state index contributed by atoms with van der Waals surface area (Å²) in [5, 5.41) is 0.519. The summed E-state index contributed by atoms with van der Waals surface area (Å²) in [5.74, 6) is 1.89. The average molecular weight is 407 g/mol. The van der Waals surface area contributed by atoms with E-state index in [1.807, 2.05) is 6.07 Å². The number of piperazine rings is 1. The lowest BCUT2D eigenvalue weighted by Crippen LogP contribution is -2.48. The van der Waals surface area contributed by atoms with Gasteiger partial charge in [-0.2, -0.15) is 0 Å². The van der Waals surface area contributed by atoms with Gasteiger partial charge in [-0.05, 0) is 6.42 Å². The number of hydrogen-bond acceptors (Lipinski definition) is 7. The van der Waals surface area contributed by atoms with Gasteiger partial charge in [0.05, 0.1) is 30.9 Å². The molecule has 0 radical (unpaired) electrons. The van der Waals surface area contributed by atoms with Crippen LogP contribution in [0.2, 0.25) is 5.15 Å². The van der Waals surface area contributed by atoms with E-state index in [1.165, 1.54) is 0 Å². The number of imidazole rings is 1. The fourth-order valence-electron chi connectivity index (χ4n) is 4.66. The van der Waals surface area contributed by atoms with Crippen LogP contribution in [-0.2, 0) is 16.5 Å². The van der Waals surface area contributed by atoms with E-state index in [0.717, 1.165) is 81.7 Å². The molecule has 3 aliphatic rings. The van der Waals surface area contributed by atoms with Gasteiger partial charge in [-0.15, -0.1) is 0 Å². The highest BCUT2D eigenvalue weighted by Gasteiger charge is 2.41. The minimum absolute atomic E-state index is 0.309. The Morgan fingerprint density at radius 3 is 2.75 bits per heavy atom. The summed E-state index contributed by atoms with van der Waals surface area (Å²) in [6, 6.07) is 2.31. The van der Waals surface area contributed by atoms with Gasteiger partial charge in [0, 0.05) is 59.5 Å². The van der Waals surface area contributed by atoms with Crippen molar-refractivity contribution in [1.82, 2.24) is 19.4 Å². The predicted molar refractivity (Wildman–Crippen MR) is 110 cm³/mol. The second-order valence-electron chi connectivity index (χ2n) is 7.93. The summed E-state index contributed by atoms with van der Waals surface area (Å²) in [6.45, 7) is 7.36. The number of pyridine rings is 1. The van der Waals surface area contributed by atoms with Crippen molar-refractivity contribution in [2.45, 2.75) is 18.6 Å². The molecular weight excluding hydrogens is 380 g/mol. The van der Waals surface area contributed by atoms with E-state index in [1.54, 1.807) is 7.11 Å². The normalized spacial score (nSPS) is 25.4. The first-order chi connectivity index (χ1) is 13.6. The van der Waals surface area contributed by atoms with Gasteiger partial charge in [0.25, 0.3) is 0 Å². The molecule has 2 aromatic rings. The van der Waals surface area contributed by atoms with Crippen LogP contribution in [0, 0.1) is 0 Å². The van der Waals surface area contributed by atoms with Crippen LogP contribution in [0.4, 0.5) is 11.8 Å². The van der Waals surface area contributed by atoms with Gasteiger partial charge >= 0.3 is 0 Å². The Hall–Kier alpha value is -1.61. The smallest absolute Gasteiger partial charge is 0.206 e.